The highest BCUT2D eigenvalue weighted by molar-refractivity contribution is 5.87. The standard InChI is InChI=1S/C22H37N3O/c1-2-20(26)25-14-13-18-19(15-25)23-22(17-11-7-4-8-12-17)24-21(18)16-9-5-3-6-10-16/h2,16-19,21-24H,1,3-15H2. The van der Waals surface area contributed by atoms with Crippen molar-refractivity contribution in [2.45, 2.75) is 88.9 Å². The van der Waals surface area contributed by atoms with E-state index >= 15 is 0 Å². The molecule has 1 amide bonds. The largest absolute Gasteiger partial charge is 0.338 e. The lowest BCUT2D eigenvalue weighted by molar-refractivity contribution is -0.129. The first-order chi connectivity index (χ1) is 12.8. The summed E-state index contributed by atoms with van der Waals surface area (Å²) < 4.78 is 0. The van der Waals surface area contributed by atoms with Crippen molar-refractivity contribution in [3.63, 3.8) is 0 Å². The molecule has 0 radical (unpaired) electrons. The molecule has 2 aliphatic heterocycles. The number of nitrogens with zero attached hydrogens (tertiary/aromatic N) is 1. The SMILES string of the molecule is C=CC(=O)N1CCC2C(C1)NC(C1CCCCC1)NC2C1CCCCC1. The number of rotatable bonds is 3. The molecule has 26 heavy (non-hydrogen) atoms. The molecule has 0 aromatic heterocycles. The van der Waals surface area contributed by atoms with Crippen molar-refractivity contribution in [1.29, 1.82) is 0 Å². The summed E-state index contributed by atoms with van der Waals surface area (Å²) in [5.41, 5.74) is 0. The third-order valence-corrected chi connectivity index (χ3v) is 7.66. The van der Waals surface area contributed by atoms with E-state index in [-0.39, 0.29) is 5.91 Å². The molecule has 2 aliphatic carbocycles. The van der Waals surface area contributed by atoms with Crippen LogP contribution in [-0.2, 0) is 4.79 Å². The Bertz CT molecular complexity index is 496. The second-order valence-corrected chi connectivity index (χ2v) is 9.18. The topological polar surface area (TPSA) is 44.4 Å². The lowest BCUT2D eigenvalue weighted by Gasteiger charge is -2.53. The Kier molecular flexibility index (Phi) is 6.00. The molecule has 4 fully saturated rings. The van der Waals surface area contributed by atoms with Gasteiger partial charge in [0.1, 0.15) is 0 Å². The molecule has 0 spiro atoms. The molecule has 2 heterocycles. The van der Waals surface area contributed by atoms with Crippen LogP contribution in [0.25, 0.3) is 0 Å². The molecule has 0 aromatic carbocycles. The summed E-state index contributed by atoms with van der Waals surface area (Å²) in [5.74, 6) is 2.38. The number of hydrogen-bond donors (Lipinski definition) is 2. The van der Waals surface area contributed by atoms with Gasteiger partial charge in [0.25, 0.3) is 0 Å². The number of fused-ring (bicyclic) bond motifs is 1. The molecule has 2 saturated heterocycles. The molecule has 2 saturated carbocycles. The van der Waals surface area contributed by atoms with Gasteiger partial charge in [0.05, 0.1) is 6.17 Å². The molecule has 146 valence electrons. The Labute approximate surface area is 159 Å². The highest BCUT2D eigenvalue weighted by atomic mass is 16.2. The van der Waals surface area contributed by atoms with E-state index in [9.17, 15) is 4.79 Å². The highest BCUT2D eigenvalue weighted by Crippen LogP contribution is 2.38. The smallest absolute Gasteiger partial charge is 0.246 e. The number of piperidine rings is 1. The molecule has 4 heteroatoms. The average Bonchev–Trinajstić information content (AvgIpc) is 2.73. The Hall–Kier alpha value is -0.870. The summed E-state index contributed by atoms with van der Waals surface area (Å²) >= 11 is 0. The summed E-state index contributed by atoms with van der Waals surface area (Å²) in [6.45, 7) is 5.45. The van der Waals surface area contributed by atoms with Crippen molar-refractivity contribution in [3.8, 4) is 0 Å². The zero-order chi connectivity index (χ0) is 17.9. The molecular weight excluding hydrogens is 322 g/mol. The molecule has 4 rings (SSSR count). The second-order valence-electron chi connectivity index (χ2n) is 9.18. The third-order valence-electron chi connectivity index (χ3n) is 7.66. The monoisotopic (exact) mass is 359 g/mol. The summed E-state index contributed by atoms with van der Waals surface area (Å²) in [4.78, 5) is 14.2. The second kappa shape index (κ2) is 8.43. The normalized spacial score (nSPS) is 37.2. The van der Waals surface area contributed by atoms with Crippen molar-refractivity contribution in [2.24, 2.45) is 17.8 Å². The predicted octanol–water partition coefficient (Wildman–Crippen LogP) is 3.44. The van der Waals surface area contributed by atoms with E-state index in [4.69, 9.17) is 0 Å². The molecule has 4 unspecified atom stereocenters. The van der Waals surface area contributed by atoms with E-state index in [1.165, 1.54) is 70.3 Å². The van der Waals surface area contributed by atoms with Crippen LogP contribution < -0.4 is 10.6 Å². The van der Waals surface area contributed by atoms with Gasteiger partial charge in [0.2, 0.25) is 5.91 Å². The van der Waals surface area contributed by atoms with Gasteiger partial charge >= 0.3 is 0 Å². The predicted molar refractivity (Wildman–Crippen MR) is 106 cm³/mol. The van der Waals surface area contributed by atoms with Crippen LogP contribution in [0.5, 0.6) is 0 Å². The number of hydrogen-bond acceptors (Lipinski definition) is 3. The minimum absolute atomic E-state index is 0.104. The van der Waals surface area contributed by atoms with Crippen molar-refractivity contribution in [3.05, 3.63) is 12.7 Å². The molecule has 0 aromatic rings. The molecule has 0 bridgehead atoms. The van der Waals surface area contributed by atoms with Crippen LogP contribution in [-0.4, -0.2) is 42.1 Å². The summed E-state index contributed by atoms with van der Waals surface area (Å²) in [6.07, 6.45) is 17.0. The molecule has 2 N–H and O–H groups in total. The maximum Gasteiger partial charge on any atom is 0.246 e. The van der Waals surface area contributed by atoms with Gasteiger partial charge in [-0.15, -0.1) is 0 Å². The minimum atomic E-state index is 0.104. The minimum Gasteiger partial charge on any atom is -0.338 e. The Morgan fingerprint density at radius 2 is 1.54 bits per heavy atom. The van der Waals surface area contributed by atoms with Crippen LogP contribution in [0.2, 0.25) is 0 Å². The highest BCUT2D eigenvalue weighted by Gasteiger charge is 2.45. The fourth-order valence-corrected chi connectivity index (χ4v) is 6.23. The summed E-state index contributed by atoms with van der Waals surface area (Å²) in [6, 6.07) is 1.10. The molecule has 4 aliphatic rings. The van der Waals surface area contributed by atoms with Gasteiger partial charge < -0.3 is 4.90 Å². The third kappa shape index (κ3) is 3.87. The van der Waals surface area contributed by atoms with E-state index in [1.54, 1.807) is 0 Å². The lowest BCUT2D eigenvalue weighted by Crippen LogP contribution is -2.71. The zero-order valence-electron chi connectivity index (χ0n) is 16.3. The van der Waals surface area contributed by atoms with Gasteiger partial charge in [-0.2, -0.15) is 0 Å². The van der Waals surface area contributed by atoms with Crippen LogP contribution in [0, 0.1) is 17.8 Å². The number of likely N-dealkylation sites (tertiary alicyclic amines) is 1. The van der Waals surface area contributed by atoms with Crippen LogP contribution >= 0.6 is 0 Å². The number of carbonyl (C=O) groups excluding carboxylic acids is 1. The molecule has 4 nitrogen and oxygen atoms in total. The van der Waals surface area contributed by atoms with Crippen molar-refractivity contribution in [1.82, 2.24) is 15.5 Å². The van der Waals surface area contributed by atoms with Gasteiger partial charge in [-0.25, -0.2) is 0 Å². The number of carbonyl (C=O) groups is 1. The van der Waals surface area contributed by atoms with Gasteiger partial charge in [-0.1, -0.05) is 45.1 Å². The van der Waals surface area contributed by atoms with E-state index in [0.29, 0.717) is 24.2 Å². The Balaban J connectivity index is 1.50. The Morgan fingerprint density at radius 3 is 2.19 bits per heavy atom. The fourth-order valence-electron chi connectivity index (χ4n) is 6.23. The number of amides is 1. The van der Waals surface area contributed by atoms with E-state index in [0.717, 1.165) is 31.3 Å². The van der Waals surface area contributed by atoms with Crippen LogP contribution in [0.15, 0.2) is 12.7 Å². The summed E-state index contributed by atoms with van der Waals surface area (Å²) in [7, 11) is 0. The molecule has 4 atom stereocenters. The quantitative estimate of drug-likeness (QED) is 0.759. The zero-order valence-corrected chi connectivity index (χ0v) is 16.3. The maximum absolute atomic E-state index is 12.2. The van der Waals surface area contributed by atoms with Gasteiger partial charge in [-0.3, -0.25) is 15.4 Å². The van der Waals surface area contributed by atoms with Crippen LogP contribution in [0.3, 0.4) is 0 Å². The van der Waals surface area contributed by atoms with Crippen molar-refractivity contribution >= 4 is 5.91 Å². The number of nitrogens with one attached hydrogen (secondary N) is 2. The van der Waals surface area contributed by atoms with Gasteiger partial charge in [-0.05, 0) is 55.9 Å². The van der Waals surface area contributed by atoms with Gasteiger partial charge in [0, 0.05) is 25.2 Å². The van der Waals surface area contributed by atoms with E-state index in [2.05, 4.69) is 17.2 Å². The van der Waals surface area contributed by atoms with Crippen molar-refractivity contribution < 1.29 is 4.79 Å². The first kappa shape index (κ1) is 18.5. The van der Waals surface area contributed by atoms with E-state index in [1.807, 2.05) is 4.90 Å². The Morgan fingerprint density at radius 1 is 0.885 bits per heavy atom. The first-order valence-electron chi connectivity index (χ1n) is 11.2. The average molecular weight is 360 g/mol. The van der Waals surface area contributed by atoms with E-state index < -0.39 is 0 Å². The van der Waals surface area contributed by atoms with Crippen LogP contribution in [0.4, 0.5) is 0 Å². The maximum atomic E-state index is 12.2. The lowest BCUT2D eigenvalue weighted by atomic mass is 9.71. The van der Waals surface area contributed by atoms with Gasteiger partial charge in [0.15, 0.2) is 0 Å². The summed E-state index contributed by atoms with van der Waals surface area (Å²) in [5, 5.41) is 8.08. The van der Waals surface area contributed by atoms with Crippen molar-refractivity contribution in [2.75, 3.05) is 13.1 Å². The van der Waals surface area contributed by atoms with Crippen LogP contribution in [0.1, 0.15) is 70.6 Å². The molecular formula is C22H37N3O. The first-order valence-corrected chi connectivity index (χ1v) is 11.2. The fraction of sp³-hybridized carbons (Fsp3) is 0.864.